The number of amides is 1. The normalized spacial score (nSPS) is 21.5. The van der Waals surface area contributed by atoms with Gasteiger partial charge in [0.15, 0.2) is 0 Å². The van der Waals surface area contributed by atoms with Crippen LogP contribution in [0.3, 0.4) is 0 Å². The molecule has 0 bridgehead atoms. The van der Waals surface area contributed by atoms with Crippen molar-refractivity contribution in [3.05, 3.63) is 0 Å². The molecule has 1 rings (SSSR count). The Morgan fingerprint density at radius 3 is 2.88 bits per heavy atom. The summed E-state index contributed by atoms with van der Waals surface area (Å²) in [6.07, 6.45) is 6.13. The summed E-state index contributed by atoms with van der Waals surface area (Å²) < 4.78 is 0. The first kappa shape index (κ1) is 12.5. The van der Waals surface area contributed by atoms with Crippen LogP contribution < -0.4 is 5.73 Å². The van der Waals surface area contributed by atoms with E-state index in [1.807, 2.05) is 0 Å². The molecule has 0 aromatic carbocycles. The number of hydrogen-bond acceptors (Lipinski definition) is 3. The maximum absolute atomic E-state index is 11.7. The number of hydrogen-bond donors (Lipinski definition) is 2. The van der Waals surface area contributed by atoms with Crippen LogP contribution in [0.2, 0.25) is 0 Å². The Hall–Kier alpha value is -1.54. The van der Waals surface area contributed by atoms with Gasteiger partial charge in [-0.2, -0.15) is 0 Å². The molecule has 0 spiro atoms. The van der Waals surface area contributed by atoms with E-state index >= 15 is 0 Å². The Morgan fingerprint density at radius 2 is 2.31 bits per heavy atom. The summed E-state index contributed by atoms with van der Waals surface area (Å²) in [6, 6.07) is -0.659. The highest BCUT2D eigenvalue weighted by Gasteiger charge is 2.29. The Kier molecular flexibility index (Phi) is 4.32. The maximum atomic E-state index is 11.7. The number of carbonyl (C=O) groups is 2. The molecule has 1 aliphatic rings. The maximum Gasteiger partial charge on any atom is 0.303 e. The molecule has 5 nitrogen and oxygen atoms in total. The number of carboxylic acid groups (broad SMARTS) is 1. The molecule has 2 unspecified atom stereocenters. The zero-order chi connectivity index (χ0) is 12.1. The van der Waals surface area contributed by atoms with E-state index < -0.39 is 12.0 Å². The molecule has 1 fully saturated rings. The first-order valence-corrected chi connectivity index (χ1v) is 5.24. The molecule has 1 amide bonds. The molecule has 1 saturated heterocycles. The summed E-state index contributed by atoms with van der Waals surface area (Å²) in [4.78, 5) is 23.8. The van der Waals surface area contributed by atoms with Crippen LogP contribution in [0.1, 0.15) is 19.3 Å². The number of rotatable bonds is 4. The van der Waals surface area contributed by atoms with Gasteiger partial charge in [-0.15, -0.1) is 12.3 Å². The van der Waals surface area contributed by atoms with Crippen molar-refractivity contribution < 1.29 is 14.7 Å². The third kappa shape index (κ3) is 3.24. The Bertz CT molecular complexity index is 322. The molecule has 1 heterocycles. The lowest BCUT2D eigenvalue weighted by atomic mass is 10.1. The summed E-state index contributed by atoms with van der Waals surface area (Å²) >= 11 is 0. The summed E-state index contributed by atoms with van der Waals surface area (Å²) in [5.74, 6) is 1.39. The fourth-order valence-electron chi connectivity index (χ4n) is 1.90. The van der Waals surface area contributed by atoms with E-state index in [4.69, 9.17) is 17.3 Å². The number of terminal acetylenes is 1. The molecule has 0 aromatic rings. The summed E-state index contributed by atoms with van der Waals surface area (Å²) in [5.41, 5.74) is 5.60. The minimum atomic E-state index is -0.827. The van der Waals surface area contributed by atoms with Crippen molar-refractivity contribution >= 4 is 11.9 Å². The third-order valence-electron chi connectivity index (χ3n) is 2.72. The zero-order valence-corrected chi connectivity index (χ0v) is 9.06. The predicted molar refractivity (Wildman–Crippen MR) is 58.4 cm³/mol. The second kappa shape index (κ2) is 5.52. The Morgan fingerprint density at radius 1 is 1.62 bits per heavy atom. The molecular weight excluding hydrogens is 208 g/mol. The zero-order valence-electron chi connectivity index (χ0n) is 9.06. The molecule has 0 saturated carbocycles. The Labute approximate surface area is 94.6 Å². The average Bonchev–Trinajstić information content (AvgIpc) is 2.64. The van der Waals surface area contributed by atoms with Gasteiger partial charge in [0.1, 0.15) is 0 Å². The molecule has 2 atom stereocenters. The van der Waals surface area contributed by atoms with E-state index in [9.17, 15) is 9.59 Å². The van der Waals surface area contributed by atoms with Crippen molar-refractivity contribution in [2.45, 2.75) is 25.3 Å². The monoisotopic (exact) mass is 224 g/mol. The van der Waals surface area contributed by atoms with Gasteiger partial charge in [-0.1, -0.05) is 0 Å². The minimum Gasteiger partial charge on any atom is -0.481 e. The van der Waals surface area contributed by atoms with Crippen LogP contribution in [0.15, 0.2) is 0 Å². The van der Waals surface area contributed by atoms with E-state index in [1.54, 1.807) is 4.90 Å². The first-order chi connectivity index (χ1) is 7.54. The molecule has 0 radical (unpaired) electrons. The number of aliphatic carboxylic acids is 1. The van der Waals surface area contributed by atoms with Crippen molar-refractivity contribution in [1.29, 1.82) is 0 Å². The van der Waals surface area contributed by atoms with Crippen LogP contribution in [0.4, 0.5) is 0 Å². The minimum absolute atomic E-state index is 0.0412. The largest absolute Gasteiger partial charge is 0.481 e. The van der Waals surface area contributed by atoms with Crippen molar-refractivity contribution in [2.24, 2.45) is 11.7 Å². The van der Waals surface area contributed by atoms with Gasteiger partial charge in [0.25, 0.3) is 0 Å². The highest BCUT2D eigenvalue weighted by Crippen LogP contribution is 2.20. The van der Waals surface area contributed by atoms with Crippen LogP contribution >= 0.6 is 0 Å². The molecular formula is C11H16N2O3. The highest BCUT2D eigenvalue weighted by atomic mass is 16.4. The van der Waals surface area contributed by atoms with Crippen LogP contribution in [0.5, 0.6) is 0 Å². The van der Waals surface area contributed by atoms with Gasteiger partial charge in [-0.05, 0) is 12.3 Å². The van der Waals surface area contributed by atoms with Gasteiger partial charge in [0.2, 0.25) is 5.91 Å². The lowest BCUT2D eigenvalue weighted by Gasteiger charge is -2.19. The van der Waals surface area contributed by atoms with Gasteiger partial charge in [-0.25, -0.2) is 0 Å². The molecule has 88 valence electrons. The van der Waals surface area contributed by atoms with Crippen molar-refractivity contribution in [1.82, 2.24) is 4.90 Å². The van der Waals surface area contributed by atoms with E-state index in [2.05, 4.69) is 5.92 Å². The van der Waals surface area contributed by atoms with Gasteiger partial charge in [-0.3, -0.25) is 9.59 Å². The van der Waals surface area contributed by atoms with Crippen LogP contribution in [0, 0.1) is 18.3 Å². The van der Waals surface area contributed by atoms with Crippen LogP contribution in [0.25, 0.3) is 0 Å². The fraction of sp³-hybridized carbons (Fsp3) is 0.636. The van der Waals surface area contributed by atoms with E-state index in [-0.39, 0.29) is 24.7 Å². The lowest BCUT2D eigenvalue weighted by Crippen LogP contribution is -2.42. The fourth-order valence-corrected chi connectivity index (χ4v) is 1.90. The van der Waals surface area contributed by atoms with E-state index in [0.717, 1.165) is 6.42 Å². The van der Waals surface area contributed by atoms with Crippen LogP contribution in [-0.2, 0) is 9.59 Å². The summed E-state index contributed by atoms with van der Waals surface area (Å²) in [7, 11) is 0. The standard InChI is InChI=1S/C11H16N2O3/c1-2-3-9(12)11(16)13-5-4-8(7-13)6-10(14)15/h1,8-9H,3-7,12H2,(H,14,15). The second-order valence-electron chi connectivity index (χ2n) is 4.05. The van der Waals surface area contributed by atoms with Crippen molar-refractivity contribution in [3.8, 4) is 12.3 Å². The molecule has 0 aromatic heterocycles. The Balaban J connectivity index is 2.44. The van der Waals surface area contributed by atoms with Crippen molar-refractivity contribution in [2.75, 3.05) is 13.1 Å². The van der Waals surface area contributed by atoms with E-state index in [0.29, 0.717) is 13.1 Å². The predicted octanol–water partition coefficient (Wildman–Crippen LogP) is -0.340. The highest BCUT2D eigenvalue weighted by molar-refractivity contribution is 5.82. The average molecular weight is 224 g/mol. The number of carboxylic acids is 1. The lowest BCUT2D eigenvalue weighted by molar-refractivity contribution is -0.138. The van der Waals surface area contributed by atoms with E-state index in [1.165, 1.54) is 0 Å². The number of carbonyl (C=O) groups excluding carboxylic acids is 1. The number of nitrogens with two attached hydrogens (primary N) is 1. The molecule has 16 heavy (non-hydrogen) atoms. The van der Waals surface area contributed by atoms with Gasteiger partial charge >= 0.3 is 5.97 Å². The van der Waals surface area contributed by atoms with Crippen molar-refractivity contribution in [3.63, 3.8) is 0 Å². The summed E-state index contributed by atoms with van der Waals surface area (Å²) in [5, 5.41) is 8.64. The third-order valence-corrected chi connectivity index (χ3v) is 2.72. The number of likely N-dealkylation sites (tertiary alicyclic amines) is 1. The first-order valence-electron chi connectivity index (χ1n) is 5.24. The topological polar surface area (TPSA) is 83.6 Å². The quantitative estimate of drug-likeness (QED) is 0.640. The second-order valence-corrected chi connectivity index (χ2v) is 4.05. The molecule has 0 aliphatic carbocycles. The number of nitrogens with zero attached hydrogens (tertiary/aromatic N) is 1. The van der Waals surface area contributed by atoms with Crippen LogP contribution in [-0.4, -0.2) is 41.0 Å². The smallest absolute Gasteiger partial charge is 0.303 e. The molecule has 1 aliphatic heterocycles. The van der Waals surface area contributed by atoms with Gasteiger partial charge in [0.05, 0.1) is 6.04 Å². The molecule has 5 heteroatoms. The van der Waals surface area contributed by atoms with Gasteiger partial charge in [0, 0.05) is 25.9 Å². The summed E-state index contributed by atoms with van der Waals surface area (Å²) in [6.45, 7) is 1.05. The molecule has 3 N–H and O–H groups in total. The SMILES string of the molecule is C#CCC(N)C(=O)N1CCC(CC(=O)O)C1. The van der Waals surface area contributed by atoms with Gasteiger partial charge < -0.3 is 15.7 Å².